The molecule has 5 nitrogen and oxygen atoms in total. The van der Waals surface area contributed by atoms with Crippen LogP contribution in [-0.4, -0.2) is 41.9 Å². The van der Waals surface area contributed by atoms with Crippen molar-refractivity contribution in [2.75, 3.05) is 31.1 Å². The van der Waals surface area contributed by atoms with Gasteiger partial charge in [-0.3, -0.25) is 5.01 Å². The van der Waals surface area contributed by atoms with Crippen LogP contribution in [0.5, 0.6) is 0 Å². The molecule has 0 bridgehead atoms. The fourth-order valence-corrected chi connectivity index (χ4v) is 4.00. The molecular formula is C23H19N5. The maximum atomic E-state index is 9.56. The van der Waals surface area contributed by atoms with Crippen LogP contribution in [0.1, 0.15) is 16.7 Å². The molecule has 0 N–H and O–H groups in total. The van der Waals surface area contributed by atoms with Gasteiger partial charge in [0.2, 0.25) is 0 Å². The molecule has 1 fully saturated rings. The first-order chi connectivity index (χ1) is 13.8. The van der Waals surface area contributed by atoms with Crippen molar-refractivity contribution in [2.45, 2.75) is 0 Å². The van der Waals surface area contributed by atoms with Crippen LogP contribution in [0.2, 0.25) is 0 Å². The molecule has 0 spiro atoms. The quantitative estimate of drug-likeness (QED) is 0.545. The molecule has 0 atom stereocenters. The van der Waals surface area contributed by atoms with E-state index in [1.54, 1.807) is 0 Å². The summed E-state index contributed by atoms with van der Waals surface area (Å²) in [5, 5.41) is 16.7. The minimum absolute atomic E-state index is 0.704. The van der Waals surface area contributed by atoms with Crippen molar-refractivity contribution in [3.05, 3.63) is 83.6 Å². The van der Waals surface area contributed by atoms with Crippen LogP contribution in [0.4, 0.5) is 5.82 Å². The molecule has 0 amide bonds. The molecule has 2 aromatic carbocycles. The molecule has 1 aromatic heterocycles. The highest BCUT2D eigenvalue weighted by Gasteiger charge is 2.28. The number of anilines is 1. The van der Waals surface area contributed by atoms with E-state index in [0.29, 0.717) is 5.56 Å². The van der Waals surface area contributed by atoms with Crippen molar-refractivity contribution in [1.82, 2.24) is 9.99 Å². The summed E-state index contributed by atoms with van der Waals surface area (Å²) in [7, 11) is 0. The Bertz CT molecular complexity index is 1090. The lowest BCUT2D eigenvalue weighted by atomic mass is 10.0. The molecule has 3 aromatic rings. The fraction of sp³-hybridized carbons (Fsp3) is 0.174. The summed E-state index contributed by atoms with van der Waals surface area (Å²) in [5.74, 6) is 1.02. The lowest BCUT2D eigenvalue weighted by Gasteiger charge is -2.34. The summed E-state index contributed by atoms with van der Waals surface area (Å²) < 4.78 is 0. The second-order valence-corrected chi connectivity index (χ2v) is 6.96. The van der Waals surface area contributed by atoms with E-state index in [2.05, 4.69) is 45.2 Å². The number of hydrazone groups is 1. The van der Waals surface area contributed by atoms with Crippen molar-refractivity contribution >= 4 is 11.5 Å². The molecule has 2 heterocycles. The predicted octanol–water partition coefficient (Wildman–Crippen LogP) is 3.51. The number of piperazine rings is 1. The van der Waals surface area contributed by atoms with E-state index in [1.165, 1.54) is 0 Å². The Morgan fingerprint density at radius 3 is 2.32 bits per heavy atom. The van der Waals surface area contributed by atoms with Gasteiger partial charge in [0.15, 0.2) is 0 Å². The molecule has 5 rings (SSSR count). The molecule has 0 unspecified atom stereocenters. The van der Waals surface area contributed by atoms with E-state index in [9.17, 15) is 5.26 Å². The van der Waals surface area contributed by atoms with Crippen LogP contribution < -0.4 is 4.90 Å². The first kappa shape index (κ1) is 16.5. The van der Waals surface area contributed by atoms with E-state index < -0.39 is 0 Å². The van der Waals surface area contributed by atoms with Crippen molar-refractivity contribution in [3.63, 3.8) is 0 Å². The number of hydrogen-bond donors (Lipinski definition) is 0. The van der Waals surface area contributed by atoms with Gasteiger partial charge < -0.3 is 4.90 Å². The van der Waals surface area contributed by atoms with Gasteiger partial charge in [0, 0.05) is 36.0 Å². The highest BCUT2D eigenvalue weighted by Crippen LogP contribution is 2.39. The topological polar surface area (TPSA) is 55.5 Å². The van der Waals surface area contributed by atoms with Crippen LogP contribution in [-0.2, 0) is 0 Å². The van der Waals surface area contributed by atoms with Crippen LogP contribution in [0.15, 0.2) is 72.0 Å². The molecule has 1 saturated heterocycles. The van der Waals surface area contributed by atoms with Gasteiger partial charge in [-0.1, -0.05) is 42.5 Å². The maximum absolute atomic E-state index is 9.56. The molecular weight excluding hydrogens is 346 g/mol. The molecule has 136 valence electrons. The zero-order valence-electron chi connectivity index (χ0n) is 15.4. The largest absolute Gasteiger partial charge is 0.353 e. The van der Waals surface area contributed by atoms with E-state index in [4.69, 9.17) is 5.10 Å². The SMILES string of the molecule is N#Cc1cccc2c1-c1ccccc1/C2=N/N1CCN(c2ccccn2)CC1. The summed E-state index contributed by atoms with van der Waals surface area (Å²) in [6, 6.07) is 22.5. The van der Waals surface area contributed by atoms with Crippen molar-refractivity contribution < 1.29 is 0 Å². The lowest BCUT2D eigenvalue weighted by Crippen LogP contribution is -2.44. The van der Waals surface area contributed by atoms with Gasteiger partial charge in [0.1, 0.15) is 5.82 Å². The monoisotopic (exact) mass is 365 g/mol. The summed E-state index contributed by atoms with van der Waals surface area (Å²) in [4.78, 5) is 6.74. The summed E-state index contributed by atoms with van der Waals surface area (Å²) >= 11 is 0. The number of benzene rings is 2. The summed E-state index contributed by atoms with van der Waals surface area (Å²) in [6.07, 6.45) is 1.83. The number of aromatic nitrogens is 1. The Balaban J connectivity index is 1.46. The Kier molecular flexibility index (Phi) is 4.02. The average Bonchev–Trinajstić information content (AvgIpc) is 3.09. The fourth-order valence-electron chi connectivity index (χ4n) is 4.00. The predicted molar refractivity (Wildman–Crippen MR) is 110 cm³/mol. The van der Waals surface area contributed by atoms with Crippen LogP contribution in [0, 0.1) is 11.3 Å². The molecule has 2 aliphatic rings. The van der Waals surface area contributed by atoms with Crippen molar-refractivity contribution in [1.29, 1.82) is 5.26 Å². The molecule has 0 radical (unpaired) electrons. The first-order valence-electron chi connectivity index (χ1n) is 9.48. The Morgan fingerprint density at radius 2 is 1.57 bits per heavy atom. The second kappa shape index (κ2) is 6.82. The third-order valence-corrected chi connectivity index (χ3v) is 5.36. The van der Waals surface area contributed by atoms with Gasteiger partial charge in [-0.25, -0.2) is 4.98 Å². The van der Waals surface area contributed by atoms with Crippen molar-refractivity contribution in [3.8, 4) is 17.2 Å². The molecule has 0 saturated carbocycles. The van der Waals surface area contributed by atoms with Gasteiger partial charge in [0.25, 0.3) is 0 Å². The van der Waals surface area contributed by atoms with Crippen LogP contribution in [0.3, 0.4) is 0 Å². The molecule has 5 heteroatoms. The first-order valence-corrected chi connectivity index (χ1v) is 9.48. The van der Waals surface area contributed by atoms with Crippen LogP contribution in [0.25, 0.3) is 11.1 Å². The number of pyridine rings is 1. The minimum Gasteiger partial charge on any atom is -0.353 e. The van der Waals surface area contributed by atoms with E-state index in [1.807, 2.05) is 42.6 Å². The number of nitriles is 1. The van der Waals surface area contributed by atoms with Crippen molar-refractivity contribution in [2.24, 2.45) is 5.10 Å². The van der Waals surface area contributed by atoms with E-state index in [-0.39, 0.29) is 0 Å². The Morgan fingerprint density at radius 1 is 0.821 bits per heavy atom. The Hall–Kier alpha value is -3.65. The number of hydrogen-bond acceptors (Lipinski definition) is 5. The molecule has 1 aliphatic heterocycles. The van der Waals surface area contributed by atoms with E-state index in [0.717, 1.165) is 60.0 Å². The van der Waals surface area contributed by atoms with Gasteiger partial charge in [-0.15, -0.1) is 0 Å². The standard InChI is InChI=1S/C23H19N5/c24-16-17-6-5-9-20-22(17)18-7-1-2-8-19(18)23(20)26-28-14-12-27(13-15-28)21-10-3-4-11-25-21/h1-11H,12-15H2/b26-23-. The number of nitrogens with zero attached hydrogens (tertiary/aromatic N) is 5. The maximum Gasteiger partial charge on any atom is 0.128 e. The number of rotatable bonds is 2. The second-order valence-electron chi connectivity index (χ2n) is 6.96. The van der Waals surface area contributed by atoms with Crippen LogP contribution >= 0.6 is 0 Å². The third-order valence-electron chi connectivity index (χ3n) is 5.36. The van der Waals surface area contributed by atoms with E-state index >= 15 is 0 Å². The minimum atomic E-state index is 0.704. The van der Waals surface area contributed by atoms with Gasteiger partial charge in [-0.2, -0.15) is 10.4 Å². The normalized spacial score (nSPS) is 16.6. The Labute approximate surface area is 164 Å². The average molecular weight is 365 g/mol. The van der Waals surface area contributed by atoms with Gasteiger partial charge >= 0.3 is 0 Å². The zero-order chi connectivity index (χ0) is 18.9. The highest BCUT2D eigenvalue weighted by atomic mass is 15.5. The van der Waals surface area contributed by atoms with Gasteiger partial charge in [0.05, 0.1) is 30.4 Å². The number of fused-ring (bicyclic) bond motifs is 3. The lowest BCUT2D eigenvalue weighted by molar-refractivity contribution is 0.270. The smallest absolute Gasteiger partial charge is 0.128 e. The summed E-state index contributed by atoms with van der Waals surface area (Å²) in [5.41, 5.74) is 5.93. The molecule has 28 heavy (non-hydrogen) atoms. The molecule has 1 aliphatic carbocycles. The third kappa shape index (κ3) is 2.71. The highest BCUT2D eigenvalue weighted by molar-refractivity contribution is 6.25. The summed E-state index contributed by atoms with van der Waals surface area (Å²) in [6.45, 7) is 3.46. The zero-order valence-corrected chi connectivity index (χ0v) is 15.4. The van der Waals surface area contributed by atoms with Gasteiger partial charge in [-0.05, 0) is 23.8 Å².